The standard InChI is InChI=1S/C46H27N5O2/c1-3-13-28(14-4-1)43-48-44(32-18-11-23-39-41(32)31-17-7-10-22-37(31)52-39)50-45(49-43)33-19-12-24-40-42(33)34-27-29(25-26-38(34)53-40)46-47-35-20-8-9-21-36(35)51(46)30-15-5-2-6-16-30/h1-27H. The Balaban J connectivity index is 1.16. The van der Waals surface area contributed by atoms with Gasteiger partial charge in [0, 0.05) is 49.5 Å². The largest absolute Gasteiger partial charge is 0.456 e. The highest BCUT2D eigenvalue weighted by Crippen LogP contribution is 2.40. The highest BCUT2D eigenvalue weighted by molar-refractivity contribution is 6.14. The van der Waals surface area contributed by atoms with Crippen molar-refractivity contribution < 1.29 is 8.83 Å². The van der Waals surface area contributed by atoms with Crippen LogP contribution in [-0.2, 0) is 0 Å². The first-order chi connectivity index (χ1) is 26.3. The first-order valence-corrected chi connectivity index (χ1v) is 17.5. The zero-order valence-corrected chi connectivity index (χ0v) is 28.1. The quantitative estimate of drug-likeness (QED) is 0.180. The second-order valence-electron chi connectivity index (χ2n) is 13.0. The van der Waals surface area contributed by atoms with Gasteiger partial charge in [0.25, 0.3) is 0 Å². The summed E-state index contributed by atoms with van der Waals surface area (Å²) in [4.78, 5) is 20.6. The first-order valence-electron chi connectivity index (χ1n) is 17.5. The summed E-state index contributed by atoms with van der Waals surface area (Å²) in [7, 11) is 0. The summed E-state index contributed by atoms with van der Waals surface area (Å²) < 4.78 is 15.0. The van der Waals surface area contributed by atoms with Crippen LogP contribution in [0.1, 0.15) is 0 Å². The van der Waals surface area contributed by atoms with E-state index in [1.807, 2.05) is 91.0 Å². The lowest BCUT2D eigenvalue weighted by Gasteiger charge is -2.10. The van der Waals surface area contributed by atoms with E-state index in [9.17, 15) is 0 Å². The van der Waals surface area contributed by atoms with Crippen LogP contribution in [0.2, 0.25) is 0 Å². The summed E-state index contributed by atoms with van der Waals surface area (Å²) in [6.45, 7) is 0. The van der Waals surface area contributed by atoms with E-state index in [0.717, 1.165) is 88.7 Å². The third kappa shape index (κ3) is 4.68. The summed E-state index contributed by atoms with van der Waals surface area (Å²) >= 11 is 0. The highest BCUT2D eigenvalue weighted by Gasteiger charge is 2.22. The van der Waals surface area contributed by atoms with Gasteiger partial charge in [0.15, 0.2) is 17.5 Å². The van der Waals surface area contributed by atoms with Crippen LogP contribution in [-0.4, -0.2) is 24.5 Å². The van der Waals surface area contributed by atoms with Crippen LogP contribution in [0.3, 0.4) is 0 Å². The minimum absolute atomic E-state index is 0.550. The van der Waals surface area contributed by atoms with E-state index >= 15 is 0 Å². The molecule has 0 radical (unpaired) electrons. The molecule has 0 N–H and O–H groups in total. The van der Waals surface area contributed by atoms with Gasteiger partial charge in [-0.1, -0.05) is 103 Å². The van der Waals surface area contributed by atoms with Crippen LogP contribution in [0.5, 0.6) is 0 Å². The number of aromatic nitrogens is 5. The van der Waals surface area contributed by atoms with Crippen molar-refractivity contribution >= 4 is 54.9 Å². The van der Waals surface area contributed by atoms with E-state index in [0.29, 0.717) is 17.5 Å². The summed E-state index contributed by atoms with van der Waals surface area (Å²) in [5.41, 5.74) is 9.71. The van der Waals surface area contributed by atoms with Gasteiger partial charge in [-0.3, -0.25) is 4.57 Å². The summed E-state index contributed by atoms with van der Waals surface area (Å²) in [5, 5.41) is 3.86. The van der Waals surface area contributed by atoms with Gasteiger partial charge in [0.05, 0.1) is 11.0 Å². The molecule has 11 aromatic rings. The molecule has 0 spiro atoms. The van der Waals surface area contributed by atoms with Crippen LogP contribution in [0.15, 0.2) is 173 Å². The number of benzene rings is 7. The molecule has 0 saturated heterocycles. The summed E-state index contributed by atoms with van der Waals surface area (Å²) in [6.07, 6.45) is 0. The Bertz CT molecular complexity index is 3180. The predicted molar refractivity (Wildman–Crippen MR) is 211 cm³/mol. The van der Waals surface area contributed by atoms with Crippen LogP contribution < -0.4 is 0 Å². The van der Waals surface area contributed by atoms with Crippen molar-refractivity contribution in [1.82, 2.24) is 24.5 Å². The van der Waals surface area contributed by atoms with E-state index in [4.69, 9.17) is 28.8 Å². The molecule has 0 bridgehead atoms. The van der Waals surface area contributed by atoms with E-state index in [2.05, 4.69) is 77.4 Å². The maximum atomic E-state index is 6.49. The Labute approximate surface area is 302 Å². The SMILES string of the molecule is c1ccc(-c2nc(-c3cccc4oc5ccccc5c34)nc(-c3cccc4oc5ccc(-c6nc7ccccc7n6-c6ccccc6)cc5c34)n2)cc1. The molecule has 0 aliphatic heterocycles. The topological polar surface area (TPSA) is 82.8 Å². The molecule has 0 fully saturated rings. The van der Waals surface area contributed by atoms with Gasteiger partial charge in [-0.25, -0.2) is 19.9 Å². The molecule has 0 amide bonds. The van der Waals surface area contributed by atoms with E-state index in [-0.39, 0.29) is 0 Å². The van der Waals surface area contributed by atoms with Gasteiger partial charge in [-0.15, -0.1) is 0 Å². The van der Waals surface area contributed by atoms with Crippen LogP contribution in [0.4, 0.5) is 0 Å². The van der Waals surface area contributed by atoms with Crippen molar-refractivity contribution in [3.8, 4) is 51.2 Å². The fourth-order valence-corrected chi connectivity index (χ4v) is 7.50. The molecule has 53 heavy (non-hydrogen) atoms. The Kier molecular flexibility index (Phi) is 6.42. The lowest BCUT2D eigenvalue weighted by atomic mass is 10.0. The summed E-state index contributed by atoms with van der Waals surface area (Å²) in [5.74, 6) is 2.54. The Morgan fingerprint density at radius 3 is 1.74 bits per heavy atom. The van der Waals surface area contributed by atoms with Gasteiger partial charge in [0.1, 0.15) is 28.2 Å². The number of para-hydroxylation sites is 4. The number of hydrogen-bond acceptors (Lipinski definition) is 6. The van der Waals surface area contributed by atoms with Crippen LogP contribution in [0, 0.1) is 0 Å². The molecule has 11 rings (SSSR count). The van der Waals surface area contributed by atoms with Gasteiger partial charge in [-0.05, 0) is 60.7 Å². The smallest absolute Gasteiger partial charge is 0.164 e. The number of imidazole rings is 1. The molecule has 7 aromatic carbocycles. The minimum Gasteiger partial charge on any atom is -0.456 e. The van der Waals surface area contributed by atoms with E-state index < -0.39 is 0 Å². The van der Waals surface area contributed by atoms with E-state index in [1.165, 1.54) is 0 Å². The number of fused-ring (bicyclic) bond motifs is 7. The molecule has 7 heteroatoms. The zero-order chi connectivity index (χ0) is 34.9. The molecular formula is C46H27N5O2. The zero-order valence-electron chi connectivity index (χ0n) is 28.1. The molecule has 0 aliphatic rings. The molecule has 0 unspecified atom stereocenters. The first kappa shape index (κ1) is 29.4. The monoisotopic (exact) mass is 681 g/mol. The average molecular weight is 682 g/mol. The lowest BCUT2D eigenvalue weighted by molar-refractivity contribution is 0.668. The van der Waals surface area contributed by atoms with Gasteiger partial charge < -0.3 is 8.83 Å². The average Bonchev–Trinajstić information content (AvgIpc) is 3.92. The predicted octanol–water partition coefficient (Wildman–Crippen LogP) is 11.7. The lowest BCUT2D eigenvalue weighted by Crippen LogP contribution is -2.00. The number of rotatable bonds is 5. The van der Waals surface area contributed by atoms with Crippen LogP contribution in [0.25, 0.3) is 106 Å². The molecule has 4 aromatic heterocycles. The van der Waals surface area contributed by atoms with Gasteiger partial charge in [0.2, 0.25) is 0 Å². The highest BCUT2D eigenvalue weighted by atomic mass is 16.3. The van der Waals surface area contributed by atoms with Crippen molar-refractivity contribution in [3.05, 3.63) is 164 Å². The molecule has 0 aliphatic carbocycles. The van der Waals surface area contributed by atoms with E-state index in [1.54, 1.807) is 0 Å². The fraction of sp³-hybridized carbons (Fsp3) is 0. The van der Waals surface area contributed by atoms with Gasteiger partial charge in [-0.2, -0.15) is 0 Å². The molecule has 248 valence electrons. The maximum absolute atomic E-state index is 6.49. The van der Waals surface area contributed by atoms with Crippen molar-refractivity contribution in [1.29, 1.82) is 0 Å². The van der Waals surface area contributed by atoms with Crippen molar-refractivity contribution in [2.75, 3.05) is 0 Å². The molecular weight excluding hydrogens is 655 g/mol. The van der Waals surface area contributed by atoms with Crippen LogP contribution >= 0.6 is 0 Å². The molecule has 7 nitrogen and oxygen atoms in total. The third-order valence-corrected chi connectivity index (χ3v) is 9.88. The Hall–Kier alpha value is -7.38. The number of hydrogen-bond donors (Lipinski definition) is 0. The molecule has 0 atom stereocenters. The maximum Gasteiger partial charge on any atom is 0.164 e. The molecule has 0 saturated carbocycles. The second kappa shape index (κ2) is 11.6. The fourth-order valence-electron chi connectivity index (χ4n) is 7.50. The van der Waals surface area contributed by atoms with Crippen molar-refractivity contribution in [2.45, 2.75) is 0 Å². The Morgan fingerprint density at radius 1 is 0.396 bits per heavy atom. The second-order valence-corrected chi connectivity index (χ2v) is 13.0. The van der Waals surface area contributed by atoms with Crippen molar-refractivity contribution in [2.24, 2.45) is 0 Å². The molecule has 4 heterocycles. The van der Waals surface area contributed by atoms with Gasteiger partial charge >= 0.3 is 0 Å². The third-order valence-electron chi connectivity index (χ3n) is 9.88. The number of nitrogens with zero attached hydrogens (tertiary/aromatic N) is 5. The minimum atomic E-state index is 0.550. The van der Waals surface area contributed by atoms with Crippen molar-refractivity contribution in [3.63, 3.8) is 0 Å². The Morgan fingerprint density at radius 2 is 0.981 bits per heavy atom. The normalized spacial score (nSPS) is 11.8. The summed E-state index contributed by atoms with van der Waals surface area (Å²) in [6, 6.07) is 55.0. The number of furan rings is 2.